The number of pyridine rings is 1. The summed E-state index contributed by atoms with van der Waals surface area (Å²) in [7, 11) is 2.12. The van der Waals surface area contributed by atoms with Crippen LogP contribution in [-0.2, 0) is 6.54 Å². The summed E-state index contributed by atoms with van der Waals surface area (Å²) in [6, 6.07) is 15.7. The van der Waals surface area contributed by atoms with E-state index in [1.54, 1.807) is 12.1 Å². The fraction of sp³-hybridized carbons (Fsp3) is 0.353. The monoisotopic (exact) mass is 287 g/mol. The van der Waals surface area contributed by atoms with Crippen LogP contribution in [0.15, 0.2) is 48.5 Å². The highest BCUT2D eigenvalue weighted by molar-refractivity contribution is 5.33. The van der Waals surface area contributed by atoms with Gasteiger partial charge >= 0.3 is 0 Å². The minimum atomic E-state index is -0.450. The van der Waals surface area contributed by atoms with E-state index >= 15 is 0 Å². The van der Waals surface area contributed by atoms with Gasteiger partial charge in [0.05, 0.1) is 0 Å². The molecule has 4 heteroatoms. The van der Waals surface area contributed by atoms with Crippen LogP contribution in [0.25, 0.3) is 0 Å². The van der Waals surface area contributed by atoms with Crippen LogP contribution in [0, 0.1) is 5.95 Å². The van der Waals surface area contributed by atoms with Crippen molar-refractivity contribution in [3.63, 3.8) is 0 Å². The second kappa shape index (κ2) is 7.74. The predicted molar refractivity (Wildman–Crippen MR) is 84.7 cm³/mol. The first-order valence-electron chi connectivity index (χ1n) is 7.26. The molecule has 2 rings (SSSR count). The summed E-state index contributed by atoms with van der Waals surface area (Å²) in [5.74, 6) is 0.141. The Morgan fingerprint density at radius 1 is 1.14 bits per heavy atom. The van der Waals surface area contributed by atoms with Crippen molar-refractivity contribution in [2.75, 3.05) is 18.9 Å². The van der Waals surface area contributed by atoms with Gasteiger partial charge < -0.3 is 5.32 Å². The SMILES string of the molecule is CC(CCNc1cccc(F)n1)N(C)Cc1ccccc1. The smallest absolute Gasteiger partial charge is 0.214 e. The van der Waals surface area contributed by atoms with Crippen LogP contribution >= 0.6 is 0 Å². The molecule has 1 heterocycles. The molecule has 1 aromatic carbocycles. The molecule has 21 heavy (non-hydrogen) atoms. The molecule has 0 bridgehead atoms. The number of aromatic nitrogens is 1. The lowest BCUT2D eigenvalue weighted by Gasteiger charge is -2.25. The summed E-state index contributed by atoms with van der Waals surface area (Å²) in [5, 5.41) is 3.16. The topological polar surface area (TPSA) is 28.2 Å². The molecule has 0 radical (unpaired) electrons. The Labute approximate surface area is 125 Å². The van der Waals surface area contributed by atoms with Crippen LogP contribution in [0.1, 0.15) is 18.9 Å². The van der Waals surface area contributed by atoms with Gasteiger partial charge in [-0.3, -0.25) is 4.90 Å². The standard InChI is InChI=1S/C17H22FN3/c1-14(21(2)13-15-7-4-3-5-8-15)11-12-19-17-10-6-9-16(18)20-17/h3-10,14H,11-13H2,1-2H3,(H,19,20). The van der Waals surface area contributed by atoms with Gasteiger partial charge in [0.1, 0.15) is 5.82 Å². The summed E-state index contributed by atoms with van der Waals surface area (Å²) in [4.78, 5) is 6.11. The highest BCUT2D eigenvalue weighted by atomic mass is 19.1. The van der Waals surface area contributed by atoms with E-state index in [2.05, 4.69) is 53.4 Å². The lowest BCUT2D eigenvalue weighted by atomic mass is 10.1. The lowest BCUT2D eigenvalue weighted by molar-refractivity contribution is 0.242. The van der Waals surface area contributed by atoms with E-state index in [9.17, 15) is 4.39 Å². The van der Waals surface area contributed by atoms with Crippen LogP contribution < -0.4 is 5.32 Å². The molecular weight excluding hydrogens is 265 g/mol. The number of nitrogens with zero attached hydrogens (tertiary/aromatic N) is 2. The fourth-order valence-corrected chi connectivity index (χ4v) is 2.16. The predicted octanol–water partition coefficient (Wildman–Crippen LogP) is 3.54. The van der Waals surface area contributed by atoms with Crippen molar-refractivity contribution in [1.29, 1.82) is 0 Å². The quantitative estimate of drug-likeness (QED) is 0.789. The third-order valence-electron chi connectivity index (χ3n) is 3.61. The van der Waals surface area contributed by atoms with Crippen LogP contribution in [0.4, 0.5) is 10.2 Å². The van der Waals surface area contributed by atoms with Gasteiger partial charge in [-0.05, 0) is 38.1 Å². The number of hydrogen-bond donors (Lipinski definition) is 1. The molecule has 3 nitrogen and oxygen atoms in total. The Morgan fingerprint density at radius 2 is 1.90 bits per heavy atom. The Morgan fingerprint density at radius 3 is 2.62 bits per heavy atom. The highest BCUT2D eigenvalue weighted by Gasteiger charge is 2.09. The molecule has 0 spiro atoms. The normalized spacial score (nSPS) is 12.4. The molecule has 0 saturated carbocycles. The highest BCUT2D eigenvalue weighted by Crippen LogP contribution is 2.09. The van der Waals surface area contributed by atoms with E-state index in [4.69, 9.17) is 0 Å². The molecule has 1 aromatic heterocycles. The summed E-state index contributed by atoms with van der Waals surface area (Å²) in [5.41, 5.74) is 1.31. The Balaban J connectivity index is 1.75. The van der Waals surface area contributed by atoms with E-state index in [0.717, 1.165) is 19.5 Å². The van der Waals surface area contributed by atoms with Gasteiger partial charge in [-0.25, -0.2) is 4.98 Å². The van der Waals surface area contributed by atoms with Crippen molar-refractivity contribution in [3.8, 4) is 0 Å². The van der Waals surface area contributed by atoms with Gasteiger partial charge in [0.2, 0.25) is 5.95 Å². The summed E-state index contributed by atoms with van der Waals surface area (Å²) >= 11 is 0. The van der Waals surface area contributed by atoms with Gasteiger partial charge in [0.15, 0.2) is 0 Å². The first-order chi connectivity index (χ1) is 10.1. The van der Waals surface area contributed by atoms with E-state index < -0.39 is 5.95 Å². The lowest BCUT2D eigenvalue weighted by Crippen LogP contribution is -2.30. The molecule has 0 fully saturated rings. The van der Waals surface area contributed by atoms with Crippen molar-refractivity contribution >= 4 is 5.82 Å². The van der Waals surface area contributed by atoms with E-state index in [-0.39, 0.29) is 0 Å². The van der Waals surface area contributed by atoms with Gasteiger partial charge in [-0.15, -0.1) is 0 Å². The maximum Gasteiger partial charge on any atom is 0.214 e. The van der Waals surface area contributed by atoms with Gasteiger partial charge in [0.25, 0.3) is 0 Å². The van der Waals surface area contributed by atoms with Crippen molar-refractivity contribution in [2.45, 2.75) is 25.9 Å². The zero-order valence-electron chi connectivity index (χ0n) is 12.6. The molecule has 0 aliphatic heterocycles. The summed E-state index contributed by atoms with van der Waals surface area (Å²) in [6.45, 7) is 3.90. The van der Waals surface area contributed by atoms with Gasteiger partial charge in [0, 0.05) is 19.1 Å². The van der Waals surface area contributed by atoms with Crippen molar-refractivity contribution < 1.29 is 4.39 Å². The molecule has 1 atom stereocenters. The largest absolute Gasteiger partial charge is 0.370 e. The molecule has 112 valence electrons. The number of halogens is 1. The molecule has 1 N–H and O–H groups in total. The Hall–Kier alpha value is -1.94. The van der Waals surface area contributed by atoms with Crippen molar-refractivity contribution in [1.82, 2.24) is 9.88 Å². The van der Waals surface area contributed by atoms with Gasteiger partial charge in [-0.1, -0.05) is 36.4 Å². The molecule has 0 amide bonds. The zero-order chi connectivity index (χ0) is 15.1. The fourth-order valence-electron chi connectivity index (χ4n) is 2.16. The van der Waals surface area contributed by atoms with Crippen LogP contribution in [0.3, 0.4) is 0 Å². The van der Waals surface area contributed by atoms with Crippen LogP contribution in [-0.4, -0.2) is 29.5 Å². The summed E-state index contributed by atoms with van der Waals surface area (Å²) in [6.07, 6.45) is 0.974. The average Bonchev–Trinajstić information content (AvgIpc) is 2.48. The molecule has 1 unspecified atom stereocenters. The first-order valence-corrected chi connectivity index (χ1v) is 7.26. The van der Waals surface area contributed by atoms with E-state index in [0.29, 0.717) is 11.9 Å². The number of rotatable bonds is 7. The van der Waals surface area contributed by atoms with E-state index in [1.165, 1.54) is 11.6 Å². The maximum atomic E-state index is 13.0. The third kappa shape index (κ3) is 5.16. The van der Waals surface area contributed by atoms with Crippen LogP contribution in [0.2, 0.25) is 0 Å². The first kappa shape index (κ1) is 15.4. The molecule has 2 aromatic rings. The van der Waals surface area contributed by atoms with Crippen LogP contribution in [0.5, 0.6) is 0 Å². The number of nitrogens with one attached hydrogen (secondary N) is 1. The number of anilines is 1. The molecule has 0 aliphatic rings. The molecule has 0 saturated heterocycles. The maximum absolute atomic E-state index is 13.0. The second-order valence-corrected chi connectivity index (χ2v) is 5.31. The number of benzene rings is 1. The third-order valence-corrected chi connectivity index (χ3v) is 3.61. The molecular formula is C17H22FN3. The van der Waals surface area contributed by atoms with Crippen molar-refractivity contribution in [3.05, 3.63) is 60.0 Å². The number of hydrogen-bond acceptors (Lipinski definition) is 3. The minimum Gasteiger partial charge on any atom is -0.370 e. The molecule has 0 aliphatic carbocycles. The Bertz CT molecular complexity index is 545. The summed E-state index contributed by atoms with van der Waals surface area (Å²) < 4.78 is 13.0. The zero-order valence-corrected chi connectivity index (χ0v) is 12.6. The van der Waals surface area contributed by atoms with Gasteiger partial charge in [-0.2, -0.15) is 4.39 Å². The minimum absolute atomic E-state index is 0.436. The average molecular weight is 287 g/mol. The second-order valence-electron chi connectivity index (χ2n) is 5.31. The van der Waals surface area contributed by atoms with Crippen molar-refractivity contribution in [2.24, 2.45) is 0 Å². The Kier molecular flexibility index (Phi) is 5.69. The van der Waals surface area contributed by atoms with E-state index in [1.807, 2.05) is 6.07 Å².